The Morgan fingerprint density at radius 1 is 0.391 bits per heavy atom. The molecule has 2 unspecified atom stereocenters. The maximum atomic E-state index is 15.0. The molecule has 25 nitrogen and oxygen atoms in total. The van der Waals surface area contributed by atoms with Crippen LogP contribution in [0.1, 0.15) is 297 Å². The molecular weight excluding hydrogens is 1880 g/mol. The van der Waals surface area contributed by atoms with Crippen molar-refractivity contribution in [3.8, 4) is 24.3 Å². The number of nitrogens with two attached hydrogens (primary N) is 1. The van der Waals surface area contributed by atoms with E-state index in [1.165, 1.54) is 86.6 Å². The van der Waals surface area contributed by atoms with Crippen LogP contribution in [0.25, 0.3) is 11.1 Å². The van der Waals surface area contributed by atoms with Crippen LogP contribution in [0, 0.1) is 68.6 Å². The number of carboxylic acids is 1. The number of carbonyl (C=O) groups excluding carboxylic acids is 3. The van der Waals surface area contributed by atoms with Crippen molar-refractivity contribution in [2.75, 3.05) is 13.2 Å². The van der Waals surface area contributed by atoms with Gasteiger partial charge in [0.05, 0.1) is 81.2 Å². The first-order valence-corrected chi connectivity index (χ1v) is 48.8. The first-order valence-electron chi connectivity index (χ1n) is 41.3. The predicted octanol–water partition coefficient (Wildman–Crippen LogP) is 19.0. The molecule has 8 aromatic rings. The van der Waals surface area contributed by atoms with E-state index in [0.717, 1.165) is 28.8 Å². The number of carbonyl (C=O) groups is 4. The second-order valence-corrected chi connectivity index (χ2v) is 42.4. The largest absolute Gasteiger partial charge is 0.481 e. The minimum atomic E-state index is -4.39. The molecule has 2 atom stereocenters. The van der Waals surface area contributed by atoms with Gasteiger partial charge in [-0.15, -0.1) is 0 Å². The first-order chi connectivity index (χ1) is 61.2. The van der Waals surface area contributed by atoms with Crippen LogP contribution in [0.2, 0.25) is 20.1 Å². The zero-order chi connectivity index (χ0) is 102. The minimum absolute atomic E-state index is 0.0125. The average Bonchev–Trinajstić information content (AvgIpc) is 0.778. The van der Waals surface area contributed by atoms with E-state index in [-0.39, 0.29) is 150 Å². The van der Waals surface area contributed by atoms with E-state index in [1.54, 1.807) is 74.4 Å². The van der Waals surface area contributed by atoms with Gasteiger partial charge < -0.3 is 25.5 Å². The zero-order valence-electron chi connectivity index (χ0n) is 77.2. The Kier molecular flexibility index (Phi) is 41.2. The van der Waals surface area contributed by atoms with Gasteiger partial charge in [0.2, 0.25) is 27.7 Å². The van der Waals surface area contributed by atoms with E-state index < -0.39 is 124 Å². The predicted molar refractivity (Wildman–Crippen MR) is 506 cm³/mol. The van der Waals surface area contributed by atoms with E-state index in [2.05, 4.69) is 13.2 Å². The number of nitrogens with one attached hydrogen (secondary N) is 3. The van der Waals surface area contributed by atoms with Crippen molar-refractivity contribution in [1.82, 2.24) is 14.2 Å². The standard InChI is InChI=1S/2C24H28ClFN2O5S.C24H26ClFN2O3S.C15H18FNO2.C9H10ClNO2S/c2*1-13(2)17-8-15(11-27)23(26)22(14(3)4)18(17)10-21(30)28-34(32,33)20-7-6-16(9-19(20)25)24(5,31)12-29;1-13(2)16-7-8-21(20(25)10-16)32(30,31)28-22(29)11-19-18(14(3)4)9-17(12-27)24(26)23(19)15(5)6;1-8(2)11-5-10(7-17)15(16)14(9(3)4)12(11)6-13(18)19;1-6(2)7-3-4-9(8(10)5-7)14(11,12)13/h2*6-9,13-14,29,31H,10,12H2,1-5H3,(H,28,30);7-10,14-15H,1,11H2,2-6H3,(H,28,29);5,8-9H,6H2,1-4H3,(H,18,19);3-5H,1H2,2H3,(H2,11,12,13). The Labute approximate surface area is 796 Å². The third-order valence-corrected chi connectivity index (χ3v) is 27.9. The van der Waals surface area contributed by atoms with Crippen molar-refractivity contribution in [2.45, 2.75) is 242 Å². The average molecular weight is 1990 g/mol. The highest BCUT2D eigenvalue weighted by Crippen LogP contribution is 2.40. The van der Waals surface area contributed by atoms with Gasteiger partial charge in [-0.05, 0) is 237 Å². The number of amides is 3. The van der Waals surface area contributed by atoms with Gasteiger partial charge in [-0.25, -0.2) is 70.5 Å². The van der Waals surface area contributed by atoms with Crippen LogP contribution in [0.4, 0.5) is 17.6 Å². The number of allylic oxidation sites excluding steroid dienone is 2. The molecule has 0 aromatic heterocycles. The number of aliphatic hydroxyl groups is 4. The zero-order valence-corrected chi connectivity index (χ0v) is 83.5. The van der Waals surface area contributed by atoms with Crippen molar-refractivity contribution in [3.63, 3.8) is 0 Å². The monoisotopic (exact) mass is 1990 g/mol. The molecule has 0 fully saturated rings. The van der Waals surface area contributed by atoms with Gasteiger partial charge in [-0.1, -0.05) is 206 Å². The third-order valence-electron chi connectivity index (χ3n) is 20.9. The number of nitriles is 4. The molecule has 0 spiro atoms. The van der Waals surface area contributed by atoms with Crippen molar-refractivity contribution in [2.24, 2.45) is 5.14 Å². The summed E-state index contributed by atoms with van der Waals surface area (Å²) in [5, 5.41) is 89.3. The van der Waals surface area contributed by atoms with E-state index in [9.17, 15) is 107 Å². The summed E-state index contributed by atoms with van der Waals surface area (Å²) in [6.45, 7) is 41.4. The summed E-state index contributed by atoms with van der Waals surface area (Å²) >= 11 is 24.1. The number of carboxylic acid groups (broad SMARTS) is 1. The molecule has 3 amide bonds. The van der Waals surface area contributed by atoms with Crippen LogP contribution in [0.5, 0.6) is 0 Å². The summed E-state index contributed by atoms with van der Waals surface area (Å²) in [5.74, 6) is -7.86. The molecule has 133 heavy (non-hydrogen) atoms. The summed E-state index contributed by atoms with van der Waals surface area (Å²) in [6.07, 6.45) is -1.41. The molecular formula is C96H110Cl4F4N8O17S4. The lowest BCUT2D eigenvalue weighted by Gasteiger charge is -2.22. The van der Waals surface area contributed by atoms with Crippen molar-refractivity contribution >= 4 is 121 Å². The smallest absolute Gasteiger partial charge is 0.307 e. The van der Waals surface area contributed by atoms with Gasteiger partial charge in [0.25, 0.3) is 30.1 Å². The van der Waals surface area contributed by atoms with Gasteiger partial charge in [-0.2, -0.15) is 21.0 Å². The number of aliphatic hydroxyl groups excluding tert-OH is 2. The lowest BCUT2D eigenvalue weighted by Crippen LogP contribution is -2.33. The number of primary sulfonamides is 1. The molecule has 716 valence electrons. The summed E-state index contributed by atoms with van der Waals surface area (Å²) in [4.78, 5) is 48.3. The van der Waals surface area contributed by atoms with Gasteiger partial charge in [0.15, 0.2) is 0 Å². The molecule has 10 N–H and O–H groups in total. The molecule has 8 aromatic carbocycles. The van der Waals surface area contributed by atoms with Crippen molar-refractivity contribution in [3.05, 3.63) is 265 Å². The topological polar surface area (TPSA) is 463 Å². The fourth-order valence-corrected chi connectivity index (χ4v) is 19.8. The molecule has 0 saturated carbocycles. The highest BCUT2D eigenvalue weighted by atomic mass is 35.5. The van der Waals surface area contributed by atoms with Crippen LogP contribution >= 0.6 is 46.4 Å². The molecule has 0 bridgehead atoms. The number of hydrogen-bond donors (Lipinski definition) is 9. The number of aliphatic carboxylic acids is 1. The fraction of sp³-hybridized carbons (Fsp3) is 0.375. The van der Waals surface area contributed by atoms with Crippen LogP contribution in [0.15, 0.2) is 130 Å². The summed E-state index contributed by atoms with van der Waals surface area (Å²) in [6, 6.07) is 29.1. The quantitative estimate of drug-likeness (QED) is 0.0197. The van der Waals surface area contributed by atoms with Crippen molar-refractivity contribution in [1.29, 1.82) is 21.0 Å². The molecule has 8 rings (SSSR count). The Morgan fingerprint density at radius 3 is 0.789 bits per heavy atom. The van der Waals surface area contributed by atoms with Gasteiger partial charge in [-0.3, -0.25) is 19.2 Å². The van der Waals surface area contributed by atoms with E-state index in [0.29, 0.717) is 55.6 Å². The van der Waals surface area contributed by atoms with Crippen LogP contribution in [-0.2, 0) is 96.2 Å². The number of rotatable bonds is 29. The number of nitrogens with zero attached hydrogens (tertiary/aromatic N) is 4. The Balaban J connectivity index is 0.000000359. The fourth-order valence-electron chi connectivity index (χ4n) is 14.2. The molecule has 0 aliphatic carbocycles. The van der Waals surface area contributed by atoms with E-state index in [1.807, 2.05) is 101 Å². The van der Waals surface area contributed by atoms with Gasteiger partial charge >= 0.3 is 5.97 Å². The minimum Gasteiger partial charge on any atom is -0.481 e. The van der Waals surface area contributed by atoms with Crippen molar-refractivity contribution < 1.29 is 95.9 Å². The summed E-state index contributed by atoms with van der Waals surface area (Å²) < 4.78 is 164. The maximum absolute atomic E-state index is 15.0. The Bertz CT molecular complexity index is 6300. The summed E-state index contributed by atoms with van der Waals surface area (Å²) in [5.41, 5.74) is 4.87. The van der Waals surface area contributed by atoms with Gasteiger partial charge in [0, 0.05) is 0 Å². The highest BCUT2D eigenvalue weighted by molar-refractivity contribution is 7.91. The second kappa shape index (κ2) is 47.7. The molecule has 0 aliphatic heterocycles. The molecule has 0 saturated heterocycles. The number of hydrogen-bond acceptors (Lipinski definition) is 20. The second-order valence-electron chi connectivity index (χ2n) is 34.3. The molecule has 37 heteroatoms. The highest BCUT2D eigenvalue weighted by Gasteiger charge is 2.34. The first kappa shape index (κ1) is 115. The van der Waals surface area contributed by atoms with E-state index in [4.69, 9.17) is 61.9 Å². The number of halogens is 8. The normalized spacial score (nSPS) is 12.5. The van der Waals surface area contributed by atoms with Crippen LogP contribution < -0.4 is 19.3 Å². The molecule has 0 heterocycles. The lowest BCUT2D eigenvalue weighted by atomic mass is 9.85. The molecule has 0 aliphatic rings. The summed E-state index contributed by atoms with van der Waals surface area (Å²) in [7, 11) is -16.8. The lowest BCUT2D eigenvalue weighted by molar-refractivity contribution is -0.136. The maximum Gasteiger partial charge on any atom is 0.307 e. The molecule has 0 radical (unpaired) electrons. The SMILES string of the molecule is C=C(C)c1ccc(S(=O)(=O)NC(=O)Cc2c(C(C)C)cc(C#N)c(F)c2C(C)C)c(Cl)c1.C=C(C)c1ccc(S(N)(=O)=O)c(Cl)c1.CC(C)c1cc(C#N)c(F)c(C(C)C)c1CC(=O)NS(=O)(=O)c1ccc(C(C)(O)CO)cc1Cl.CC(C)c1cc(C#N)c(F)c(C(C)C)c1CC(=O)NS(=O)(=O)c1ccc(C(C)(O)CO)cc1Cl.CC(C)c1cc(C#N)c(F)c(C(C)C)c1CC(=O)O. The third kappa shape index (κ3) is 29.5. The van der Waals surface area contributed by atoms with Crippen LogP contribution in [-0.4, -0.2) is 96.1 Å². The Hall–Kier alpha value is -10.4. The number of sulfonamides is 4. The number of benzene rings is 8. The van der Waals surface area contributed by atoms with Crippen LogP contribution in [0.3, 0.4) is 0 Å². The van der Waals surface area contributed by atoms with E-state index >= 15 is 0 Å². The van der Waals surface area contributed by atoms with Gasteiger partial charge in [0.1, 0.15) is 78.3 Å². The Morgan fingerprint density at radius 2 is 0.609 bits per heavy atom.